The summed E-state index contributed by atoms with van der Waals surface area (Å²) >= 11 is 0. The van der Waals surface area contributed by atoms with E-state index in [1.54, 1.807) is 0 Å². The van der Waals surface area contributed by atoms with Crippen molar-refractivity contribution < 1.29 is 4.42 Å². The van der Waals surface area contributed by atoms with Gasteiger partial charge in [-0.15, -0.1) is 0 Å². The first kappa shape index (κ1) is 18.9. The summed E-state index contributed by atoms with van der Waals surface area (Å²) in [6.07, 6.45) is 0. The second kappa shape index (κ2) is 8.60. The quantitative estimate of drug-likeness (QED) is 0.620. The molecule has 0 spiro atoms. The number of aliphatic imine (C=N–C) groups is 1. The molecule has 0 aliphatic carbocycles. The van der Waals surface area contributed by atoms with E-state index in [1.165, 1.54) is 16.8 Å². The van der Waals surface area contributed by atoms with Gasteiger partial charge >= 0.3 is 0 Å². The maximum atomic E-state index is 5.69. The summed E-state index contributed by atoms with van der Waals surface area (Å²) in [6, 6.07) is 10.5. The van der Waals surface area contributed by atoms with E-state index < -0.39 is 0 Å². The first-order valence-electron chi connectivity index (χ1n) is 8.78. The van der Waals surface area contributed by atoms with Gasteiger partial charge in [-0.25, -0.2) is 4.99 Å². The molecule has 0 fully saturated rings. The third-order valence-corrected chi connectivity index (χ3v) is 4.14. The van der Waals surface area contributed by atoms with Crippen LogP contribution in [0.5, 0.6) is 0 Å². The van der Waals surface area contributed by atoms with Gasteiger partial charge in [0.2, 0.25) is 0 Å². The largest absolute Gasteiger partial charge is 0.464 e. The lowest BCUT2D eigenvalue weighted by Gasteiger charge is -2.17. The molecular formula is C20H30N4O. The molecule has 1 atom stereocenters. The van der Waals surface area contributed by atoms with Gasteiger partial charge in [-0.1, -0.05) is 6.07 Å². The lowest BCUT2D eigenvalue weighted by Crippen LogP contribution is -2.38. The minimum Gasteiger partial charge on any atom is -0.464 e. The van der Waals surface area contributed by atoms with E-state index in [0.29, 0.717) is 6.54 Å². The van der Waals surface area contributed by atoms with Crippen molar-refractivity contribution in [1.29, 1.82) is 0 Å². The van der Waals surface area contributed by atoms with Crippen LogP contribution in [0.15, 0.2) is 39.7 Å². The molecule has 0 saturated heterocycles. The van der Waals surface area contributed by atoms with Crippen molar-refractivity contribution >= 4 is 11.6 Å². The van der Waals surface area contributed by atoms with Crippen LogP contribution in [0.4, 0.5) is 5.69 Å². The second-order valence-corrected chi connectivity index (χ2v) is 6.51. The molecule has 5 nitrogen and oxygen atoms in total. The Kier molecular flexibility index (Phi) is 6.51. The summed E-state index contributed by atoms with van der Waals surface area (Å²) in [4.78, 5) is 6.84. The van der Waals surface area contributed by atoms with Gasteiger partial charge in [0.1, 0.15) is 11.5 Å². The van der Waals surface area contributed by atoms with Crippen LogP contribution in [-0.4, -0.2) is 26.6 Å². The molecule has 25 heavy (non-hydrogen) atoms. The van der Waals surface area contributed by atoms with Gasteiger partial charge in [-0.2, -0.15) is 0 Å². The average molecular weight is 342 g/mol. The van der Waals surface area contributed by atoms with Crippen molar-refractivity contribution in [1.82, 2.24) is 10.6 Å². The van der Waals surface area contributed by atoms with E-state index in [9.17, 15) is 0 Å². The molecule has 0 saturated carbocycles. The summed E-state index contributed by atoms with van der Waals surface area (Å²) < 4.78 is 5.69. The van der Waals surface area contributed by atoms with Crippen LogP contribution in [0.25, 0.3) is 0 Å². The molecule has 2 aromatic rings. The topological polar surface area (TPSA) is 52.8 Å². The number of furan rings is 1. The van der Waals surface area contributed by atoms with Crippen molar-refractivity contribution in [2.24, 2.45) is 4.99 Å². The van der Waals surface area contributed by atoms with E-state index in [2.05, 4.69) is 68.6 Å². The van der Waals surface area contributed by atoms with Crippen molar-refractivity contribution in [2.45, 2.75) is 40.3 Å². The molecule has 136 valence electrons. The summed E-state index contributed by atoms with van der Waals surface area (Å²) in [5, 5.41) is 6.70. The molecule has 1 aromatic carbocycles. The number of hydrogen-bond acceptors (Lipinski definition) is 3. The zero-order valence-corrected chi connectivity index (χ0v) is 16.2. The highest BCUT2D eigenvalue weighted by atomic mass is 16.3. The van der Waals surface area contributed by atoms with Gasteiger partial charge in [-0.05, 0) is 63.1 Å². The van der Waals surface area contributed by atoms with E-state index in [4.69, 9.17) is 9.41 Å². The van der Waals surface area contributed by atoms with Crippen LogP contribution in [0, 0.1) is 13.8 Å². The number of hydrogen-bond donors (Lipinski definition) is 2. The van der Waals surface area contributed by atoms with Crippen LogP contribution in [0.2, 0.25) is 0 Å². The molecule has 0 aliphatic rings. The molecule has 1 heterocycles. The molecule has 2 rings (SSSR count). The normalized spacial score (nSPS) is 12.8. The van der Waals surface area contributed by atoms with Crippen molar-refractivity contribution in [3.8, 4) is 0 Å². The van der Waals surface area contributed by atoms with Gasteiger partial charge in [0.25, 0.3) is 0 Å². The third-order valence-electron chi connectivity index (χ3n) is 4.14. The molecule has 0 amide bonds. The monoisotopic (exact) mass is 342 g/mol. The Bertz CT molecular complexity index is 718. The zero-order chi connectivity index (χ0) is 18.4. The first-order chi connectivity index (χ1) is 11.9. The van der Waals surface area contributed by atoms with Crippen LogP contribution >= 0.6 is 0 Å². The molecule has 5 heteroatoms. The smallest absolute Gasteiger partial charge is 0.192 e. The van der Waals surface area contributed by atoms with Crippen LogP contribution in [0.1, 0.15) is 42.5 Å². The minimum atomic E-state index is 0.0590. The van der Waals surface area contributed by atoms with Gasteiger partial charge in [0, 0.05) is 26.3 Å². The van der Waals surface area contributed by atoms with E-state index >= 15 is 0 Å². The van der Waals surface area contributed by atoms with Gasteiger partial charge in [0.15, 0.2) is 5.96 Å². The average Bonchev–Trinajstić information content (AvgIpc) is 3.00. The predicted octanol–water partition coefficient (Wildman–Crippen LogP) is 3.78. The Morgan fingerprint density at radius 2 is 1.96 bits per heavy atom. The summed E-state index contributed by atoms with van der Waals surface area (Å²) in [7, 11) is 4.11. The standard InChI is InChI=1S/C20H30N4O/c1-7-21-20(23-16(4)19-11-8-15(3)25-19)22-13-17-9-10-18(24(5)6)12-14(17)2/h8-12,16H,7,13H2,1-6H3,(H2,21,22,23). The molecule has 2 N–H and O–H groups in total. The highest BCUT2D eigenvalue weighted by Crippen LogP contribution is 2.18. The minimum absolute atomic E-state index is 0.0590. The zero-order valence-electron chi connectivity index (χ0n) is 16.2. The van der Waals surface area contributed by atoms with Crippen LogP contribution < -0.4 is 15.5 Å². The number of guanidine groups is 1. The SMILES string of the molecule is CCNC(=NCc1ccc(N(C)C)cc1C)NC(C)c1ccc(C)o1. The fourth-order valence-corrected chi connectivity index (χ4v) is 2.58. The highest BCUT2D eigenvalue weighted by molar-refractivity contribution is 5.80. The second-order valence-electron chi connectivity index (χ2n) is 6.51. The van der Waals surface area contributed by atoms with E-state index in [1.807, 2.05) is 19.1 Å². The van der Waals surface area contributed by atoms with Gasteiger partial charge < -0.3 is 20.0 Å². The maximum Gasteiger partial charge on any atom is 0.192 e. The molecule has 0 radical (unpaired) electrons. The number of nitrogens with one attached hydrogen (secondary N) is 2. The Morgan fingerprint density at radius 1 is 1.20 bits per heavy atom. The fraction of sp³-hybridized carbons (Fsp3) is 0.450. The summed E-state index contributed by atoms with van der Waals surface area (Å²) in [5.74, 6) is 2.62. The molecule has 0 aliphatic heterocycles. The van der Waals surface area contributed by atoms with E-state index in [-0.39, 0.29) is 6.04 Å². The molecule has 0 bridgehead atoms. The first-order valence-corrected chi connectivity index (χ1v) is 8.78. The van der Waals surface area contributed by atoms with Gasteiger partial charge in [0.05, 0.1) is 12.6 Å². The summed E-state index contributed by atoms with van der Waals surface area (Å²) in [6.45, 7) is 9.67. The highest BCUT2D eigenvalue weighted by Gasteiger charge is 2.11. The number of benzene rings is 1. The Labute approximate surface area is 151 Å². The molecular weight excluding hydrogens is 312 g/mol. The Balaban J connectivity index is 2.09. The Hall–Kier alpha value is -2.43. The predicted molar refractivity (Wildman–Crippen MR) is 105 cm³/mol. The van der Waals surface area contributed by atoms with Crippen molar-refractivity contribution in [3.05, 3.63) is 53.0 Å². The number of aryl methyl sites for hydroxylation is 2. The number of rotatable bonds is 6. The lowest BCUT2D eigenvalue weighted by molar-refractivity contribution is 0.441. The van der Waals surface area contributed by atoms with Crippen LogP contribution in [-0.2, 0) is 6.54 Å². The summed E-state index contributed by atoms with van der Waals surface area (Å²) in [5.41, 5.74) is 3.68. The maximum absolute atomic E-state index is 5.69. The number of anilines is 1. The number of nitrogens with zero attached hydrogens (tertiary/aromatic N) is 2. The Morgan fingerprint density at radius 3 is 2.52 bits per heavy atom. The van der Waals surface area contributed by atoms with Gasteiger partial charge in [-0.3, -0.25) is 0 Å². The van der Waals surface area contributed by atoms with Crippen molar-refractivity contribution in [3.63, 3.8) is 0 Å². The molecule has 1 aromatic heterocycles. The van der Waals surface area contributed by atoms with Crippen molar-refractivity contribution in [2.75, 3.05) is 25.5 Å². The van der Waals surface area contributed by atoms with Crippen LogP contribution in [0.3, 0.4) is 0 Å². The fourth-order valence-electron chi connectivity index (χ4n) is 2.58. The van der Waals surface area contributed by atoms with E-state index in [0.717, 1.165) is 24.0 Å². The lowest BCUT2D eigenvalue weighted by atomic mass is 10.1. The molecule has 1 unspecified atom stereocenters. The third kappa shape index (κ3) is 5.28.